The van der Waals surface area contributed by atoms with Crippen molar-refractivity contribution in [2.24, 2.45) is 5.41 Å². The van der Waals surface area contributed by atoms with Gasteiger partial charge in [0.25, 0.3) is 0 Å². The number of hydrogen-bond acceptors (Lipinski definition) is 5. The van der Waals surface area contributed by atoms with E-state index in [1.54, 1.807) is 28.8 Å². The number of fused-ring (bicyclic) bond motifs is 1. The van der Waals surface area contributed by atoms with E-state index in [4.69, 9.17) is 21.1 Å². The van der Waals surface area contributed by atoms with Gasteiger partial charge in [-0.15, -0.1) is 0 Å². The second-order valence-corrected chi connectivity index (χ2v) is 9.31. The molecule has 0 aliphatic heterocycles. The van der Waals surface area contributed by atoms with Crippen molar-refractivity contribution < 1.29 is 23.8 Å². The topological polar surface area (TPSA) is 77.8 Å². The minimum absolute atomic E-state index is 0.00134. The van der Waals surface area contributed by atoms with Gasteiger partial charge < -0.3 is 19.1 Å². The molecule has 0 fully saturated rings. The van der Waals surface area contributed by atoms with Gasteiger partial charge in [-0.1, -0.05) is 44.5 Å². The zero-order chi connectivity index (χ0) is 24.5. The van der Waals surface area contributed by atoms with Crippen LogP contribution in [-0.2, 0) is 11.2 Å². The van der Waals surface area contributed by atoms with Gasteiger partial charge in [-0.25, -0.2) is 9.18 Å². The van der Waals surface area contributed by atoms with E-state index >= 15 is 0 Å². The molecule has 0 aliphatic rings. The average molecular weight is 476 g/mol. The van der Waals surface area contributed by atoms with Gasteiger partial charge in [-0.2, -0.15) is 0 Å². The van der Waals surface area contributed by atoms with E-state index in [-0.39, 0.29) is 29.0 Å². The number of nitrogens with zero attached hydrogens (tertiary/aromatic N) is 1. The first-order valence-corrected chi connectivity index (χ1v) is 10.8. The van der Waals surface area contributed by atoms with Crippen LogP contribution in [0.3, 0.4) is 0 Å². The van der Waals surface area contributed by atoms with Crippen LogP contribution in [0.15, 0.2) is 41.3 Å². The maximum Gasteiger partial charge on any atom is 0.343 e. The SMILES string of the molecule is COC(=O)c1cn(C(CO)C(C)(C)C)c2cc(OC)c(Cc3cccc(Cl)c3F)cc2c1=O. The van der Waals surface area contributed by atoms with Gasteiger partial charge >= 0.3 is 5.97 Å². The molecule has 1 N–H and O–H groups in total. The Morgan fingerprint density at radius 2 is 1.91 bits per heavy atom. The first kappa shape index (κ1) is 24.7. The first-order valence-electron chi connectivity index (χ1n) is 10.4. The number of rotatable bonds is 6. The normalized spacial score (nSPS) is 12.6. The highest BCUT2D eigenvalue weighted by Crippen LogP contribution is 2.35. The van der Waals surface area contributed by atoms with Crippen LogP contribution in [0.25, 0.3) is 10.9 Å². The second kappa shape index (κ2) is 9.53. The molecule has 1 unspecified atom stereocenters. The summed E-state index contributed by atoms with van der Waals surface area (Å²) in [7, 11) is 2.68. The molecule has 3 aromatic rings. The Kier molecular flexibility index (Phi) is 7.14. The van der Waals surface area contributed by atoms with Crippen molar-refractivity contribution in [3.8, 4) is 5.75 Å². The maximum atomic E-state index is 14.6. The molecule has 1 atom stereocenters. The summed E-state index contributed by atoms with van der Waals surface area (Å²) < 4.78 is 26.6. The number of benzene rings is 2. The number of hydrogen-bond donors (Lipinski definition) is 1. The lowest BCUT2D eigenvalue weighted by molar-refractivity contribution is 0.0596. The molecule has 0 aliphatic carbocycles. The average Bonchev–Trinajstić information content (AvgIpc) is 2.77. The zero-order valence-electron chi connectivity index (χ0n) is 19.2. The zero-order valence-corrected chi connectivity index (χ0v) is 20.0. The highest BCUT2D eigenvalue weighted by molar-refractivity contribution is 6.30. The number of pyridine rings is 1. The Balaban J connectivity index is 2.35. The molecule has 176 valence electrons. The van der Waals surface area contributed by atoms with Crippen LogP contribution in [0.1, 0.15) is 48.3 Å². The molecule has 8 heteroatoms. The highest BCUT2D eigenvalue weighted by Gasteiger charge is 2.29. The molecule has 0 spiro atoms. The third-order valence-electron chi connectivity index (χ3n) is 5.76. The van der Waals surface area contributed by atoms with Gasteiger partial charge in [0.15, 0.2) is 0 Å². The van der Waals surface area contributed by atoms with Crippen LogP contribution in [0, 0.1) is 11.2 Å². The lowest BCUT2D eigenvalue weighted by atomic mass is 9.86. The Morgan fingerprint density at radius 3 is 2.48 bits per heavy atom. The van der Waals surface area contributed by atoms with Gasteiger partial charge in [0.05, 0.1) is 37.4 Å². The molecule has 1 heterocycles. The number of esters is 1. The third-order valence-corrected chi connectivity index (χ3v) is 6.05. The molecule has 0 bridgehead atoms. The lowest BCUT2D eigenvalue weighted by Crippen LogP contribution is -2.30. The van der Waals surface area contributed by atoms with Crippen LogP contribution in [0.5, 0.6) is 5.75 Å². The van der Waals surface area contributed by atoms with Crippen LogP contribution >= 0.6 is 11.6 Å². The quantitative estimate of drug-likeness (QED) is 0.520. The summed E-state index contributed by atoms with van der Waals surface area (Å²) in [5.41, 5.74) is 0.293. The van der Waals surface area contributed by atoms with Crippen molar-refractivity contribution >= 4 is 28.5 Å². The molecule has 3 rings (SSSR count). The predicted molar refractivity (Wildman–Crippen MR) is 126 cm³/mol. The van der Waals surface area contributed by atoms with Crippen molar-refractivity contribution in [2.75, 3.05) is 20.8 Å². The number of carbonyl (C=O) groups is 1. The molecule has 33 heavy (non-hydrogen) atoms. The summed E-state index contributed by atoms with van der Waals surface area (Å²) in [6, 6.07) is 7.52. The number of carbonyl (C=O) groups excluding carboxylic acids is 1. The fourth-order valence-corrected chi connectivity index (χ4v) is 4.13. The number of aliphatic hydroxyl groups is 1. The van der Waals surface area contributed by atoms with Crippen LogP contribution in [0.4, 0.5) is 4.39 Å². The molecule has 0 amide bonds. The summed E-state index contributed by atoms with van der Waals surface area (Å²) in [4.78, 5) is 25.6. The van der Waals surface area contributed by atoms with Crippen molar-refractivity contribution in [1.82, 2.24) is 4.57 Å². The predicted octanol–water partition coefficient (Wildman–Crippen LogP) is 4.76. The van der Waals surface area contributed by atoms with Crippen molar-refractivity contribution in [3.05, 3.63) is 74.3 Å². The van der Waals surface area contributed by atoms with Crippen LogP contribution in [0.2, 0.25) is 5.02 Å². The Bertz CT molecular complexity index is 1260. The van der Waals surface area contributed by atoms with Crippen molar-refractivity contribution in [1.29, 1.82) is 0 Å². The molecule has 6 nitrogen and oxygen atoms in total. The highest BCUT2D eigenvalue weighted by atomic mass is 35.5. The number of halogens is 2. The second-order valence-electron chi connectivity index (χ2n) is 8.91. The molecule has 0 saturated carbocycles. The Hall–Kier alpha value is -2.90. The van der Waals surface area contributed by atoms with Gasteiger partial charge in [-0.05, 0) is 28.7 Å². The van der Waals surface area contributed by atoms with Gasteiger partial charge in [0.1, 0.15) is 17.1 Å². The fourth-order valence-electron chi connectivity index (χ4n) is 3.93. The smallest absolute Gasteiger partial charge is 0.343 e. The van der Waals surface area contributed by atoms with E-state index in [0.29, 0.717) is 22.4 Å². The molecule has 0 radical (unpaired) electrons. The number of methoxy groups -OCH3 is 2. The lowest BCUT2D eigenvalue weighted by Gasteiger charge is -2.33. The van der Waals surface area contributed by atoms with E-state index in [2.05, 4.69) is 0 Å². The first-order chi connectivity index (χ1) is 15.5. The summed E-state index contributed by atoms with van der Waals surface area (Å²) in [6.07, 6.45) is 1.54. The fraction of sp³-hybridized carbons (Fsp3) is 0.360. The van der Waals surface area contributed by atoms with Gasteiger partial charge in [0.2, 0.25) is 5.43 Å². The molecular formula is C25H27ClFNO5. The van der Waals surface area contributed by atoms with Crippen molar-refractivity contribution in [2.45, 2.75) is 33.2 Å². The van der Waals surface area contributed by atoms with E-state index in [1.165, 1.54) is 26.5 Å². The van der Waals surface area contributed by atoms with Gasteiger partial charge in [0, 0.05) is 24.1 Å². The molecular weight excluding hydrogens is 449 g/mol. The third kappa shape index (κ3) is 4.75. The number of aliphatic hydroxyl groups excluding tert-OH is 1. The summed E-state index contributed by atoms with van der Waals surface area (Å²) in [5, 5.41) is 10.4. The standard InChI is InChI=1S/C25H27ClFNO5/c1-25(2,3)21(13-29)28-12-17(24(31)33-5)23(30)16-10-15(20(32-4)11-19(16)28)9-14-7-6-8-18(26)22(14)27/h6-8,10-12,21,29H,9,13H2,1-5H3. The Labute approximate surface area is 196 Å². The summed E-state index contributed by atoms with van der Waals surface area (Å²) >= 11 is 5.93. The van der Waals surface area contributed by atoms with Crippen LogP contribution in [-0.4, -0.2) is 36.5 Å². The summed E-state index contributed by atoms with van der Waals surface area (Å²) in [5.74, 6) is -0.888. The number of ether oxygens (including phenoxy) is 2. The molecule has 0 saturated heterocycles. The maximum absolute atomic E-state index is 14.6. The minimum Gasteiger partial charge on any atom is -0.496 e. The van der Waals surface area contributed by atoms with Crippen LogP contribution < -0.4 is 10.2 Å². The Morgan fingerprint density at radius 1 is 1.21 bits per heavy atom. The van der Waals surface area contributed by atoms with E-state index < -0.39 is 28.7 Å². The monoisotopic (exact) mass is 475 g/mol. The van der Waals surface area contributed by atoms with Gasteiger partial charge in [-0.3, -0.25) is 4.79 Å². The van der Waals surface area contributed by atoms with E-state index in [9.17, 15) is 19.1 Å². The largest absolute Gasteiger partial charge is 0.496 e. The summed E-state index contributed by atoms with van der Waals surface area (Å²) in [6.45, 7) is 5.62. The molecule has 2 aromatic carbocycles. The number of aromatic nitrogens is 1. The van der Waals surface area contributed by atoms with E-state index in [1.807, 2.05) is 20.8 Å². The van der Waals surface area contributed by atoms with E-state index in [0.717, 1.165) is 0 Å². The molecule has 1 aromatic heterocycles. The minimum atomic E-state index is -0.778. The van der Waals surface area contributed by atoms with Crippen molar-refractivity contribution in [3.63, 3.8) is 0 Å².